The third-order valence-electron chi connectivity index (χ3n) is 16.2. The van der Waals surface area contributed by atoms with Gasteiger partial charge in [-0.1, -0.05) is 354 Å². The molecule has 0 saturated heterocycles. The van der Waals surface area contributed by atoms with Gasteiger partial charge in [-0.15, -0.1) is 0 Å². The first kappa shape index (κ1) is 71.9. The highest BCUT2D eigenvalue weighted by Gasteiger charge is 2.20. The Morgan fingerprint density at radius 1 is 0.329 bits per heavy atom. The van der Waals surface area contributed by atoms with E-state index in [1.165, 1.54) is 321 Å². The van der Waals surface area contributed by atoms with E-state index in [0.717, 1.165) is 38.5 Å². The van der Waals surface area contributed by atoms with Crippen molar-refractivity contribution in [1.29, 1.82) is 0 Å². The summed E-state index contributed by atoms with van der Waals surface area (Å²) in [5, 5.41) is 23.4. The number of aliphatic hydroxyl groups excluding tert-OH is 2. The normalized spacial score (nSPS) is 12.4. The molecule has 0 spiro atoms. The summed E-state index contributed by atoms with van der Waals surface area (Å²) in [4.78, 5) is 24.6. The summed E-state index contributed by atoms with van der Waals surface area (Å²) < 4.78 is 5.49. The van der Waals surface area contributed by atoms with Crippen molar-refractivity contribution >= 4 is 11.9 Å². The van der Waals surface area contributed by atoms with Crippen LogP contribution in [0.15, 0.2) is 0 Å². The Balaban J connectivity index is 3.37. The number of hydrogen-bond acceptors (Lipinski definition) is 5. The Bertz CT molecular complexity index is 1050. The number of aliphatic hydroxyl groups is 2. The van der Waals surface area contributed by atoms with Gasteiger partial charge in [0.25, 0.3) is 0 Å². The Kier molecular flexibility index (Phi) is 62.4. The fourth-order valence-corrected chi connectivity index (χ4v) is 11.0. The van der Waals surface area contributed by atoms with E-state index in [2.05, 4.69) is 19.2 Å². The number of carbonyl (C=O) groups excluding carboxylic acids is 2. The van der Waals surface area contributed by atoms with Crippen LogP contribution < -0.4 is 5.32 Å². The molecule has 0 aliphatic heterocycles. The van der Waals surface area contributed by atoms with Gasteiger partial charge in [-0.05, 0) is 25.7 Å². The molecule has 2 unspecified atom stereocenters. The predicted octanol–water partition coefficient (Wildman–Crippen LogP) is 21.4. The number of ether oxygens (including phenoxy) is 1. The molecule has 0 aliphatic rings. The summed E-state index contributed by atoms with van der Waals surface area (Å²) in [7, 11) is 0. The maximum absolute atomic E-state index is 12.5. The Morgan fingerprint density at radius 2 is 0.562 bits per heavy atom. The second-order valence-corrected chi connectivity index (χ2v) is 23.5. The van der Waals surface area contributed by atoms with Gasteiger partial charge in [0.2, 0.25) is 5.91 Å². The number of amides is 1. The fourth-order valence-electron chi connectivity index (χ4n) is 11.0. The van der Waals surface area contributed by atoms with Crippen LogP contribution in [0.3, 0.4) is 0 Å². The molecule has 2 atom stereocenters. The lowest BCUT2D eigenvalue weighted by Gasteiger charge is -2.22. The largest absolute Gasteiger partial charge is 0.466 e. The minimum atomic E-state index is -0.665. The molecule has 73 heavy (non-hydrogen) atoms. The molecule has 3 N–H and O–H groups in total. The van der Waals surface area contributed by atoms with Crippen LogP contribution in [0.1, 0.15) is 393 Å². The van der Waals surface area contributed by atoms with Crippen molar-refractivity contribution in [3.05, 3.63) is 0 Å². The molecule has 0 saturated carbocycles. The third kappa shape index (κ3) is 60.0. The van der Waals surface area contributed by atoms with Crippen LogP contribution in [0.5, 0.6) is 0 Å². The van der Waals surface area contributed by atoms with Gasteiger partial charge in [-0.25, -0.2) is 0 Å². The Morgan fingerprint density at radius 3 is 0.836 bits per heavy atom. The van der Waals surface area contributed by atoms with Gasteiger partial charge in [0, 0.05) is 12.8 Å². The van der Waals surface area contributed by atoms with Gasteiger partial charge in [-0.2, -0.15) is 0 Å². The smallest absolute Gasteiger partial charge is 0.305 e. The van der Waals surface area contributed by atoms with Gasteiger partial charge in [0.05, 0.1) is 25.4 Å². The first-order valence-electron chi connectivity index (χ1n) is 33.8. The van der Waals surface area contributed by atoms with Crippen molar-refractivity contribution < 1.29 is 24.5 Å². The molecule has 0 radical (unpaired) electrons. The van der Waals surface area contributed by atoms with E-state index in [9.17, 15) is 19.8 Å². The second kappa shape index (κ2) is 63.4. The second-order valence-electron chi connectivity index (χ2n) is 23.5. The van der Waals surface area contributed by atoms with Crippen molar-refractivity contribution in [2.75, 3.05) is 13.2 Å². The van der Waals surface area contributed by atoms with Crippen molar-refractivity contribution in [3.8, 4) is 0 Å². The maximum atomic E-state index is 12.5. The summed E-state index contributed by atoms with van der Waals surface area (Å²) in [6, 6.07) is -0.543. The monoisotopic (exact) mass is 1030 g/mol. The standard InChI is InChI=1S/C67H133NO5/c1-3-5-7-9-11-13-15-17-19-20-21-22-25-28-32-35-39-43-47-51-55-59-65(70)64(63-69)68-66(71)60-56-52-48-44-40-36-33-29-26-23-24-27-30-34-38-42-46-50-54-58-62-73-67(72)61-57-53-49-45-41-37-31-18-16-14-12-10-8-6-4-2/h64-65,69-70H,3-63H2,1-2H3,(H,68,71). The zero-order valence-electron chi connectivity index (χ0n) is 49.9. The Hall–Kier alpha value is -1.14. The van der Waals surface area contributed by atoms with Crippen LogP contribution in [-0.2, 0) is 14.3 Å². The average molecular weight is 1030 g/mol. The lowest BCUT2D eigenvalue weighted by atomic mass is 10.0. The van der Waals surface area contributed by atoms with Crippen LogP contribution in [0.4, 0.5) is 0 Å². The van der Waals surface area contributed by atoms with Crippen LogP contribution in [0.25, 0.3) is 0 Å². The molecule has 6 heteroatoms. The number of unbranched alkanes of at least 4 members (excludes halogenated alkanes) is 53. The van der Waals surface area contributed by atoms with Crippen LogP contribution in [0, 0.1) is 0 Å². The van der Waals surface area contributed by atoms with E-state index in [4.69, 9.17) is 4.74 Å². The van der Waals surface area contributed by atoms with Crippen LogP contribution >= 0.6 is 0 Å². The van der Waals surface area contributed by atoms with Gasteiger partial charge < -0.3 is 20.3 Å². The summed E-state index contributed by atoms with van der Waals surface area (Å²) in [5.74, 6) is -0.0165. The van der Waals surface area contributed by atoms with Crippen molar-refractivity contribution in [2.45, 2.75) is 405 Å². The van der Waals surface area contributed by atoms with Gasteiger partial charge in [0.15, 0.2) is 0 Å². The summed E-state index contributed by atoms with van der Waals surface area (Å²) in [5.41, 5.74) is 0. The molecule has 0 aliphatic carbocycles. The van der Waals surface area contributed by atoms with Crippen molar-refractivity contribution in [2.24, 2.45) is 0 Å². The summed E-state index contributed by atoms with van der Waals surface area (Å²) >= 11 is 0. The minimum absolute atomic E-state index is 0.0150. The average Bonchev–Trinajstić information content (AvgIpc) is 3.39. The van der Waals surface area contributed by atoms with Gasteiger partial charge in [-0.3, -0.25) is 9.59 Å². The molecule has 0 aromatic carbocycles. The molecule has 0 fully saturated rings. The highest BCUT2D eigenvalue weighted by molar-refractivity contribution is 5.76. The molecule has 0 rings (SSSR count). The summed E-state index contributed by atoms with van der Waals surface area (Å²) in [6.07, 6.45) is 75.6. The number of nitrogens with one attached hydrogen (secondary N) is 1. The molecule has 6 nitrogen and oxygen atoms in total. The first-order valence-corrected chi connectivity index (χ1v) is 33.8. The minimum Gasteiger partial charge on any atom is -0.466 e. The number of carbonyl (C=O) groups is 2. The highest BCUT2D eigenvalue weighted by Crippen LogP contribution is 2.19. The molecule has 0 aromatic rings. The fraction of sp³-hybridized carbons (Fsp3) is 0.970. The zero-order valence-corrected chi connectivity index (χ0v) is 49.9. The molecule has 436 valence electrons. The number of hydrogen-bond donors (Lipinski definition) is 3. The predicted molar refractivity (Wildman–Crippen MR) is 320 cm³/mol. The highest BCUT2D eigenvalue weighted by atomic mass is 16.5. The van der Waals surface area contributed by atoms with E-state index in [1.807, 2.05) is 0 Å². The maximum Gasteiger partial charge on any atom is 0.305 e. The van der Waals surface area contributed by atoms with Crippen LogP contribution in [-0.4, -0.2) is 47.4 Å². The van der Waals surface area contributed by atoms with Gasteiger partial charge in [0.1, 0.15) is 0 Å². The molecular weight excluding hydrogens is 899 g/mol. The molecule has 0 heterocycles. The van der Waals surface area contributed by atoms with Crippen molar-refractivity contribution in [3.63, 3.8) is 0 Å². The first-order chi connectivity index (χ1) is 36.0. The topological polar surface area (TPSA) is 95.9 Å². The zero-order chi connectivity index (χ0) is 52.9. The van der Waals surface area contributed by atoms with E-state index in [0.29, 0.717) is 25.9 Å². The van der Waals surface area contributed by atoms with E-state index in [-0.39, 0.29) is 18.5 Å². The van der Waals surface area contributed by atoms with Crippen LogP contribution in [0.2, 0.25) is 0 Å². The number of esters is 1. The molecule has 1 amide bonds. The third-order valence-corrected chi connectivity index (χ3v) is 16.2. The summed E-state index contributed by atoms with van der Waals surface area (Å²) in [6.45, 7) is 5.00. The van der Waals surface area contributed by atoms with Crippen molar-refractivity contribution in [1.82, 2.24) is 5.32 Å². The Labute approximate surface area is 457 Å². The quantitative estimate of drug-likeness (QED) is 0.0417. The van der Waals surface area contributed by atoms with E-state index >= 15 is 0 Å². The molecular formula is C67H133NO5. The SMILES string of the molecule is CCCCCCCCCCCCCCCCCCCCCCCC(O)C(CO)NC(=O)CCCCCCCCCCCCCCCCCCCCCCOC(=O)CCCCCCCCCCCCCCCCC. The number of rotatable bonds is 64. The van der Waals surface area contributed by atoms with Gasteiger partial charge >= 0.3 is 5.97 Å². The van der Waals surface area contributed by atoms with E-state index in [1.54, 1.807) is 0 Å². The molecule has 0 bridgehead atoms. The lowest BCUT2D eigenvalue weighted by Crippen LogP contribution is -2.45. The molecule has 0 aromatic heterocycles. The van der Waals surface area contributed by atoms with E-state index < -0.39 is 12.1 Å². The lowest BCUT2D eigenvalue weighted by molar-refractivity contribution is -0.143.